The van der Waals surface area contributed by atoms with Crippen molar-refractivity contribution in [1.82, 2.24) is 9.88 Å². The first-order chi connectivity index (χ1) is 10.4. The molecule has 1 heterocycles. The molecule has 6 nitrogen and oxygen atoms in total. The van der Waals surface area contributed by atoms with Gasteiger partial charge in [0.05, 0.1) is 10.6 Å². The van der Waals surface area contributed by atoms with E-state index in [1.165, 1.54) is 17.6 Å². The monoisotopic (exact) mass is 372 g/mol. The Morgan fingerprint density at radius 3 is 2.68 bits per heavy atom. The average molecular weight is 373 g/mol. The van der Waals surface area contributed by atoms with Crippen LogP contribution in [-0.2, 0) is 11.8 Å². The molecule has 2 N–H and O–H groups in total. The van der Waals surface area contributed by atoms with Gasteiger partial charge in [0.1, 0.15) is 11.9 Å². The Hall–Kier alpha value is -1.34. The van der Waals surface area contributed by atoms with Crippen molar-refractivity contribution in [3.63, 3.8) is 0 Å². The lowest BCUT2D eigenvalue weighted by molar-refractivity contribution is -0.129. The summed E-state index contributed by atoms with van der Waals surface area (Å²) in [5.74, 6) is 0.221. The molecule has 1 saturated carbocycles. The second kappa shape index (κ2) is 7.28. The van der Waals surface area contributed by atoms with E-state index < -0.39 is 6.10 Å². The van der Waals surface area contributed by atoms with Gasteiger partial charge in [-0.2, -0.15) is 0 Å². The number of hydrogen-bond acceptors (Lipinski definition) is 4. The SMILES string of the molecule is C[C@H](O)C(=O)N[C@H]1CC[C@H](Oc2cc(=O)n(C)cc2Br)CC1. The highest BCUT2D eigenvalue weighted by Gasteiger charge is 2.25. The van der Waals surface area contributed by atoms with E-state index in [0.29, 0.717) is 5.75 Å². The molecule has 1 aliphatic carbocycles. The van der Waals surface area contributed by atoms with Crippen LogP contribution in [-0.4, -0.2) is 33.8 Å². The van der Waals surface area contributed by atoms with Crippen LogP contribution in [0.5, 0.6) is 5.75 Å². The number of halogens is 1. The maximum absolute atomic E-state index is 11.7. The molecule has 1 amide bonds. The molecule has 1 aromatic heterocycles. The summed E-state index contributed by atoms with van der Waals surface area (Å²) < 4.78 is 8.14. The molecule has 0 aromatic carbocycles. The minimum Gasteiger partial charge on any atom is -0.489 e. The molecule has 0 radical (unpaired) electrons. The van der Waals surface area contributed by atoms with E-state index in [-0.39, 0.29) is 23.6 Å². The predicted octanol–water partition coefficient (Wildman–Crippen LogP) is 1.33. The Morgan fingerprint density at radius 1 is 1.45 bits per heavy atom. The molecular formula is C15H21BrN2O4. The van der Waals surface area contributed by atoms with Crippen LogP contribution in [0.3, 0.4) is 0 Å². The molecule has 0 aliphatic heterocycles. The van der Waals surface area contributed by atoms with Gasteiger partial charge in [-0.05, 0) is 48.5 Å². The van der Waals surface area contributed by atoms with Crippen molar-refractivity contribution in [1.29, 1.82) is 0 Å². The Bertz CT molecular complexity index is 592. The standard InChI is InChI=1S/C15H21BrN2O4/c1-9(19)15(21)17-10-3-5-11(6-4-10)22-13-7-14(20)18(2)8-12(13)16/h7-11,19H,3-6H2,1-2H3,(H,17,21)/t9-,10-,11-/m0/s1. The number of amides is 1. The predicted molar refractivity (Wildman–Crippen MR) is 85.9 cm³/mol. The zero-order valence-corrected chi connectivity index (χ0v) is 14.3. The largest absolute Gasteiger partial charge is 0.489 e. The van der Waals surface area contributed by atoms with Crippen molar-refractivity contribution in [2.75, 3.05) is 0 Å². The topological polar surface area (TPSA) is 80.6 Å². The fourth-order valence-corrected chi connectivity index (χ4v) is 3.01. The van der Waals surface area contributed by atoms with Crippen molar-refractivity contribution < 1.29 is 14.6 Å². The first kappa shape index (κ1) is 17.0. The highest BCUT2D eigenvalue weighted by atomic mass is 79.9. The highest BCUT2D eigenvalue weighted by Crippen LogP contribution is 2.28. The zero-order chi connectivity index (χ0) is 16.3. The summed E-state index contributed by atoms with van der Waals surface area (Å²) in [5, 5.41) is 12.0. The molecule has 1 atom stereocenters. The van der Waals surface area contributed by atoms with Crippen LogP contribution in [0.4, 0.5) is 0 Å². The van der Waals surface area contributed by atoms with Gasteiger partial charge in [0.15, 0.2) is 0 Å². The third-order valence-corrected chi connectivity index (χ3v) is 4.43. The van der Waals surface area contributed by atoms with E-state index >= 15 is 0 Å². The van der Waals surface area contributed by atoms with E-state index in [1.807, 2.05) is 0 Å². The van der Waals surface area contributed by atoms with Crippen LogP contribution in [0, 0.1) is 0 Å². The third-order valence-electron chi connectivity index (χ3n) is 3.84. The number of aliphatic hydroxyl groups excluding tert-OH is 1. The van der Waals surface area contributed by atoms with Gasteiger partial charge in [-0.15, -0.1) is 0 Å². The maximum atomic E-state index is 11.7. The summed E-state index contributed by atoms with van der Waals surface area (Å²) in [6.07, 6.45) is 3.93. The van der Waals surface area contributed by atoms with Gasteiger partial charge in [0.25, 0.3) is 5.56 Å². The van der Waals surface area contributed by atoms with Crippen molar-refractivity contribution in [3.8, 4) is 5.75 Å². The molecule has 1 fully saturated rings. The van der Waals surface area contributed by atoms with E-state index in [1.54, 1.807) is 13.2 Å². The molecule has 0 saturated heterocycles. The fraction of sp³-hybridized carbons (Fsp3) is 0.600. The van der Waals surface area contributed by atoms with Gasteiger partial charge in [0.2, 0.25) is 5.91 Å². The molecule has 22 heavy (non-hydrogen) atoms. The number of carbonyl (C=O) groups excluding carboxylic acids is 1. The van der Waals surface area contributed by atoms with E-state index in [2.05, 4.69) is 21.2 Å². The van der Waals surface area contributed by atoms with E-state index in [0.717, 1.165) is 30.2 Å². The van der Waals surface area contributed by atoms with Crippen molar-refractivity contribution in [3.05, 3.63) is 27.1 Å². The highest BCUT2D eigenvalue weighted by molar-refractivity contribution is 9.10. The Morgan fingerprint density at radius 2 is 2.09 bits per heavy atom. The minimum atomic E-state index is -0.981. The number of nitrogens with zero attached hydrogens (tertiary/aromatic N) is 1. The van der Waals surface area contributed by atoms with Gasteiger partial charge in [-0.1, -0.05) is 0 Å². The van der Waals surface area contributed by atoms with Gasteiger partial charge in [-0.3, -0.25) is 9.59 Å². The maximum Gasteiger partial charge on any atom is 0.254 e. The summed E-state index contributed by atoms with van der Waals surface area (Å²) in [7, 11) is 1.69. The molecule has 1 aliphatic rings. The van der Waals surface area contributed by atoms with Gasteiger partial charge in [0, 0.05) is 25.4 Å². The lowest BCUT2D eigenvalue weighted by atomic mass is 9.92. The summed E-state index contributed by atoms with van der Waals surface area (Å²) >= 11 is 3.40. The Kier molecular flexibility index (Phi) is 5.63. The number of aliphatic hydroxyl groups is 1. The Labute approximate surface area is 137 Å². The zero-order valence-electron chi connectivity index (χ0n) is 12.7. The minimum absolute atomic E-state index is 0.0307. The molecule has 0 unspecified atom stereocenters. The Balaban J connectivity index is 1.89. The van der Waals surface area contributed by atoms with Gasteiger partial charge >= 0.3 is 0 Å². The second-order valence-electron chi connectivity index (χ2n) is 5.71. The van der Waals surface area contributed by atoms with Crippen LogP contribution in [0.2, 0.25) is 0 Å². The number of aryl methyl sites for hydroxylation is 1. The lowest BCUT2D eigenvalue weighted by Gasteiger charge is -2.30. The lowest BCUT2D eigenvalue weighted by Crippen LogP contribution is -2.43. The quantitative estimate of drug-likeness (QED) is 0.835. The van der Waals surface area contributed by atoms with Crippen molar-refractivity contribution in [2.24, 2.45) is 7.05 Å². The molecular weight excluding hydrogens is 352 g/mol. The number of aromatic nitrogens is 1. The summed E-state index contributed by atoms with van der Waals surface area (Å²) in [5.41, 5.74) is -0.115. The van der Waals surface area contributed by atoms with Crippen molar-refractivity contribution >= 4 is 21.8 Å². The number of carbonyl (C=O) groups is 1. The number of hydrogen-bond donors (Lipinski definition) is 2. The summed E-state index contributed by atoms with van der Waals surface area (Å²) in [6.45, 7) is 1.46. The molecule has 7 heteroatoms. The summed E-state index contributed by atoms with van der Waals surface area (Å²) in [6, 6.07) is 1.56. The number of rotatable bonds is 4. The van der Waals surface area contributed by atoms with Gasteiger partial charge in [-0.25, -0.2) is 0 Å². The molecule has 0 spiro atoms. The molecule has 0 bridgehead atoms. The second-order valence-corrected chi connectivity index (χ2v) is 6.57. The fourth-order valence-electron chi connectivity index (χ4n) is 2.50. The van der Waals surface area contributed by atoms with Crippen LogP contribution in [0.25, 0.3) is 0 Å². The summed E-state index contributed by atoms with van der Waals surface area (Å²) in [4.78, 5) is 23.1. The van der Waals surface area contributed by atoms with Crippen LogP contribution >= 0.6 is 15.9 Å². The number of pyridine rings is 1. The molecule has 122 valence electrons. The smallest absolute Gasteiger partial charge is 0.254 e. The molecule has 1 aromatic rings. The van der Waals surface area contributed by atoms with Crippen LogP contribution < -0.4 is 15.6 Å². The van der Waals surface area contributed by atoms with Crippen molar-refractivity contribution in [2.45, 2.75) is 50.9 Å². The van der Waals surface area contributed by atoms with Crippen LogP contribution in [0.15, 0.2) is 21.5 Å². The first-order valence-corrected chi connectivity index (χ1v) is 8.17. The number of nitrogens with one attached hydrogen (secondary N) is 1. The average Bonchev–Trinajstić information content (AvgIpc) is 2.46. The normalized spacial score (nSPS) is 22.9. The first-order valence-electron chi connectivity index (χ1n) is 7.38. The molecule has 2 rings (SSSR count). The van der Waals surface area contributed by atoms with Gasteiger partial charge < -0.3 is 19.7 Å². The van der Waals surface area contributed by atoms with E-state index in [9.17, 15) is 14.7 Å². The third kappa shape index (κ3) is 4.33. The number of ether oxygens (including phenoxy) is 1. The van der Waals surface area contributed by atoms with E-state index in [4.69, 9.17) is 4.74 Å². The van der Waals surface area contributed by atoms with Crippen LogP contribution in [0.1, 0.15) is 32.6 Å².